The van der Waals surface area contributed by atoms with Gasteiger partial charge in [0, 0.05) is 12.0 Å². The van der Waals surface area contributed by atoms with E-state index in [0.717, 1.165) is 12.8 Å². The molecular weight excluding hydrogens is 262 g/mol. The monoisotopic (exact) mass is 281 g/mol. The maximum Gasteiger partial charge on any atom is 0.303 e. The van der Waals surface area contributed by atoms with Crippen LogP contribution in [0.25, 0.3) is 0 Å². The maximum atomic E-state index is 11.0. The van der Waals surface area contributed by atoms with Crippen molar-refractivity contribution in [3.63, 3.8) is 0 Å². The topological polar surface area (TPSA) is 98.9 Å². The van der Waals surface area contributed by atoms with E-state index in [-0.39, 0.29) is 6.42 Å². The number of unbranched alkanes of at least 4 members (excludes halogenated alkanes) is 2. The molecule has 0 aliphatic heterocycles. The molecule has 0 aliphatic carbocycles. The molecule has 0 aromatic heterocycles. The number of carboxylic acids is 1. The van der Waals surface area contributed by atoms with Crippen molar-refractivity contribution >= 4 is 11.9 Å². The predicted molar refractivity (Wildman–Crippen MR) is 73.1 cm³/mol. The Morgan fingerprint density at radius 1 is 1.20 bits per heavy atom. The summed E-state index contributed by atoms with van der Waals surface area (Å²) in [6, 6.07) is 4.74. The molecule has 0 unspecified atom stereocenters. The van der Waals surface area contributed by atoms with Gasteiger partial charge >= 0.3 is 5.97 Å². The van der Waals surface area contributed by atoms with Crippen LogP contribution in [0.15, 0.2) is 18.2 Å². The van der Waals surface area contributed by atoms with Crippen LogP contribution < -0.4 is 15.2 Å². The fourth-order valence-corrected chi connectivity index (χ4v) is 1.68. The zero-order chi connectivity index (χ0) is 15.0. The summed E-state index contributed by atoms with van der Waals surface area (Å²) in [4.78, 5) is 21.4. The van der Waals surface area contributed by atoms with Gasteiger partial charge in [0.1, 0.15) is 0 Å². The third kappa shape index (κ3) is 5.17. The molecule has 3 N–H and O–H groups in total. The highest BCUT2D eigenvalue weighted by atomic mass is 16.5. The second kappa shape index (κ2) is 8.04. The van der Waals surface area contributed by atoms with Gasteiger partial charge in [0.05, 0.1) is 13.7 Å². The van der Waals surface area contributed by atoms with Crippen molar-refractivity contribution in [3.8, 4) is 11.5 Å². The van der Waals surface area contributed by atoms with E-state index in [1.807, 2.05) is 0 Å². The van der Waals surface area contributed by atoms with Gasteiger partial charge < -0.3 is 20.3 Å². The normalized spacial score (nSPS) is 10.1. The number of hydrogen-bond acceptors (Lipinski definition) is 4. The average molecular weight is 281 g/mol. The number of nitrogens with two attached hydrogens (primary N) is 1. The SMILES string of the molecule is COc1cc(C(N)=O)ccc1OCCCCCC(=O)O. The molecule has 6 heteroatoms. The lowest BCUT2D eigenvalue weighted by Crippen LogP contribution is -2.11. The molecule has 20 heavy (non-hydrogen) atoms. The number of methoxy groups -OCH3 is 1. The highest BCUT2D eigenvalue weighted by Gasteiger charge is 2.08. The zero-order valence-electron chi connectivity index (χ0n) is 11.4. The molecule has 1 aromatic carbocycles. The number of benzene rings is 1. The van der Waals surface area contributed by atoms with Crippen molar-refractivity contribution in [2.75, 3.05) is 13.7 Å². The van der Waals surface area contributed by atoms with Crippen molar-refractivity contribution in [1.82, 2.24) is 0 Å². The van der Waals surface area contributed by atoms with Gasteiger partial charge in [-0.15, -0.1) is 0 Å². The van der Waals surface area contributed by atoms with Gasteiger partial charge in [-0.05, 0) is 37.5 Å². The predicted octanol–water partition coefficient (Wildman–Crippen LogP) is 1.82. The third-order valence-electron chi connectivity index (χ3n) is 2.74. The molecule has 0 heterocycles. The molecule has 110 valence electrons. The molecule has 0 saturated heterocycles. The van der Waals surface area contributed by atoms with E-state index in [9.17, 15) is 9.59 Å². The number of carboxylic acid groups (broad SMARTS) is 1. The van der Waals surface area contributed by atoms with E-state index < -0.39 is 11.9 Å². The molecule has 0 radical (unpaired) electrons. The Balaban J connectivity index is 2.43. The lowest BCUT2D eigenvalue weighted by molar-refractivity contribution is -0.137. The van der Waals surface area contributed by atoms with E-state index in [1.54, 1.807) is 12.1 Å². The Kier molecular flexibility index (Phi) is 6.36. The summed E-state index contributed by atoms with van der Waals surface area (Å²) in [6.07, 6.45) is 2.36. The first-order valence-electron chi connectivity index (χ1n) is 6.37. The maximum absolute atomic E-state index is 11.0. The third-order valence-corrected chi connectivity index (χ3v) is 2.74. The summed E-state index contributed by atoms with van der Waals surface area (Å²) >= 11 is 0. The first kappa shape index (κ1) is 15.8. The van der Waals surface area contributed by atoms with Crippen LogP contribution in [0.4, 0.5) is 0 Å². The summed E-state index contributed by atoms with van der Waals surface area (Å²) in [5.41, 5.74) is 5.54. The minimum absolute atomic E-state index is 0.177. The standard InChI is InChI=1S/C14H19NO5/c1-19-12-9-10(14(15)18)6-7-11(12)20-8-4-2-3-5-13(16)17/h6-7,9H,2-5,8H2,1H3,(H2,15,18)(H,16,17). The number of amides is 1. The van der Waals surface area contributed by atoms with Gasteiger partial charge in [0.15, 0.2) is 11.5 Å². The number of carbonyl (C=O) groups is 2. The number of aliphatic carboxylic acids is 1. The Morgan fingerprint density at radius 2 is 1.95 bits per heavy atom. The molecule has 0 saturated carbocycles. The van der Waals surface area contributed by atoms with E-state index >= 15 is 0 Å². The molecule has 0 fully saturated rings. The van der Waals surface area contributed by atoms with Crippen molar-refractivity contribution < 1.29 is 24.2 Å². The number of primary amides is 1. The van der Waals surface area contributed by atoms with Crippen molar-refractivity contribution in [1.29, 1.82) is 0 Å². The van der Waals surface area contributed by atoms with Crippen LogP contribution in [0, 0.1) is 0 Å². The molecule has 1 rings (SSSR count). The van der Waals surface area contributed by atoms with E-state index in [1.165, 1.54) is 13.2 Å². The minimum Gasteiger partial charge on any atom is -0.493 e. The van der Waals surface area contributed by atoms with E-state index in [2.05, 4.69) is 0 Å². The highest BCUT2D eigenvalue weighted by Crippen LogP contribution is 2.28. The quantitative estimate of drug-likeness (QED) is 0.673. The van der Waals surface area contributed by atoms with Gasteiger partial charge in [0.2, 0.25) is 5.91 Å². The molecule has 0 spiro atoms. The lowest BCUT2D eigenvalue weighted by atomic mass is 10.2. The molecule has 1 aromatic rings. The summed E-state index contributed by atoms with van der Waals surface area (Å²) < 4.78 is 10.7. The second-order valence-electron chi connectivity index (χ2n) is 4.28. The minimum atomic E-state index is -0.783. The van der Waals surface area contributed by atoms with Crippen LogP contribution in [-0.2, 0) is 4.79 Å². The van der Waals surface area contributed by atoms with Crippen LogP contribution in [0.5, 0.6) is 11.5 Å². The Labute approximate surface area is 117 Å². The van der Waals surface area contributed by atoms with Crippen molar-refractivity contribution in [3.05, 3.63) is 23.8 Å². The Hall–Kier alpha value is -2.24. The van der Waals surface area contributed by atoms with Crippen molar-refractivity contribution in [2.45, 2.75) is 25.7 Å². The fourth-order valence-electron chi connectivity index (χ4n) is 1.68. The lowest BCUT2D eigenvalue weighted by Gasteiger charge is -2.11. The van der Waals surface area contributed by atoms with Crippen LogP contribution in [0.1, 0.15) is 36.0 Å². The van der Waals surface area contributed by atoms with Gasteiger partial charge in [-0.3, -0.25) is 9.59 Å². The first-order valence-corrected chi connectivity index (χ1v) is 6.37. The van der Waals surface area contributed by atoms with Gasteiger partial charge in [-0.25, -0.2) is 0 Å². The fraction of sp³-hybridized carbons (Fsp3) is 0.429. The summed E-state index contributed by atoms with van der Waals surface area (Å²) in [6.45, 7) is 0.464. The first-order chi connectivity index (χ1) is 9.54. The summed E-state index contributed by atoms with van der Waals surface area (Å²) in [5, 5.41) is 8.50. The van der Waals surface area contributed by atoms with Crippen molar-refractivity contribution in [2.24, 2.45) is 5.73 Å². The smallest absolute Gasteiger partial charge is 0.303 e. The van der Waals surface area contributed by atoms with Crippen LogP contribution in [0.3, 0.4) is 0 Å². The molecular formula is C14H19NO5. The van der Waals surface area contributed by atoms with E-state index in [0.29, 0.717) is 30.1 Å². The number of ether oxygens (including phenoxy) is 2. The molecule has 0 atom stereocenters. The van der Waals surface area contributed by atoms with Gasteiger partial charge in [-0.1, -0.05) is 0 Å². The van der Waals surface area contributed by atoms with Crippen LogP contribution in [0.2, 0.25) is 0 Å². The second-order valence-corrected chi connectivity index (χ2v) is 4.28. The largest absolute Gasteiger partial charge is 0.493 e. The molecule has 0 bridgehead atoms. The van der Waals surface area contributed by atoms with Crippen LogP contribution in [-0.4, -0.2) is 30.7 Å². The Bertz CT molecular complexity index is 473. The average Bonchev–Trinajstić information content (AvgIpc) is 2.42. The molecule has 6 nitrogen and oxygen atoms in total. The number of rotatable bonds is 9. The molecule has 1 amide bonds. The summed E-state index contributed by atoms with van der Waals surface area (Å²) in [7, 11) is 1.49. The Morgan fingerprint density at radius 3 is 2.55 bits per heavy atom. The van der Waals surface area contributed by atoms with E-state index in [4.69, 9.17) is 20.3 Å². The van der Waals surface area contributed by atoms with Crippen LogP contribution >= 0.6 is 0 Å². The molecule has 0 aliphatic rings. The number of carbonyl (C=O) groups excluding carboxylic acids is 1. The number of hydrogen-bond donors (Lipinski definition) is 2. The van der Waals surface area contributed by atoms with Gasteiger partial charge in [0.25, 0.3) is 0 Å². The zero-order valence-corrected chi connectivity index (χ0v) is 11.4. The highest BCUT2D eigenvalue weighted by molar-refractivity contribution is 5.93. The van der Waals surface area contributed by atoms with Gasteiger partial charge in [-0.2, -0.15) is 0 Å². The summed E-state index contributed by atoms with van der Waals surface area (Å²) in [5.74, 6) is -0.319.